The number of hydrogen-bond donors (Lipinski definition) is 2. The Kier molecular flexibility index (Phi) is 4.98. The van der Waals surface area contributed by atoms with Crippen molar-refractivity contribution in [2.24, 2.45) is 11.1 Å². The third-order valence-corrected chi connectivity index (χ3v) is 4.56. The molecule has 1 aromatic heterocycles. The number of amides is 1. The minimum absolute atomic E-state index is 0.000442. The highest BCUT2D eigenvalue weighted by Gasteiger charge is 2.30. The van der Waals surface area contributed by atoms with Crippen LogP contribution in [0.1, 0.15) is 38.1 Å². The highest BCUT2D eigenvalue weighted by molar-refractivity contribution is 7.16. The lowest BCUT2D eigenvalue weighted by molar-refractivity contribution is -0.130. The molecular weight excluding hydrogens is 256 g/mol. The van der Waals surface area contributed by atoms with Gasteiger partial charge < -0.3 is 11.1 Å². The van der Waals surface area contributed by atoms with Crippen LogP contribution in [-0.2, 0) is 4.79 Å². The van der Waals surface area contributed by atoms with Gasteiger partial charge in [0.15, 0.2) is 0 Å². The van der Waals surface area contributed by atoms with Crippen molar-refractivity contribution in [2.75, 3.05) is 6.54 Å². The summed E-state index contributed by atoms with van der Waals surface area (Å²) in [7, 11) is 0. The molecule has 1 amide bonds. The average molecular weight is 275 g/mol. The van der Waals surface area contributed by atoms with Crippen LogP contribution in [0.4, 0.5) is 0 Å². The van der Waals surface area contributed by atoms with Crippen molar-refractivity contribution < 1.29 is 4.79 Å². The zero-order valence-corrected chi connectivity index (χ0v) is 12.0. The molecule has 2 unspecified atom stereocenters. The molecule has 1 heterocycles. The van der Waals surface area contributed by atoms with Gasteiger partial charge in [0.1, 0.15) is 0 Å². The van der Waals surface area contributed by atoms with Crippen molar-refractivity contribution in [1.82, 2.24) is 5.32 Å². The molecule has 0 saturated carbocycles. The van der Waals surface area contributed by atoms with Crippen molar-refractivity contribution in [2.45, 2.75) is 33.2 Å². The SMILES string of the molecule is CCC(C)(CN)C(=O)NC(C)c1ccc(Cl)s1. The van der Waals surface area contributed by atoms with E-state index in [-0.39, 0.29) is 11.9 Å². The van der Waals surface area contributed by atoms with Crippen molar-refractivity contribution >= 4 is 28.8 Å². The van der Waals surface area contributed by atoms with E-state index >= 15 is 0 Å². The lowest BCUT2D eigenvalue weighted by atomic mass is 9.86. The largest absolute Gasteiger partial charge is 0.348 e. The molecule has 1 rings (SSSR count). The van der Waals surface area contributed by atoms with Gasteiger partial charge in [-0.25, -0.2) is 0 Å². The zero-order chi connectivity index (χ0) is 13.1. The molecule has 0 radical (unpaired) electrons. The van der Waals surface area contributed by atoms with Crippen LogP contribution in [-0.4, -0.2) is 12.5 Å². The van der Waals surface area contributed by atoms with Gasteiger partial charge in [0, 0.05) is 11.4 Å². The van der Waals surface area contributed by atoms with E-state index in [1.54, 1.807) is 0 Å². The van der Waals surface area contributed by atoms with Crippen LogP contribution in [0.5, 0.6) is 0 Å². The Labute approximate surface area is 111 Å². The Morgan fingerprint density at radius 3 is 2.71 bits per heavy atom. The average Bonchev–Trinajstić information content (AvgIpc) is 2.74. The van der Waals surface area contributed by atoms with E-state index in [2.05, 4.69) is 5.32 Å². The number of halogens is 1. The van der Waals surface area contributed by atoms with E-state index in [1.165, 1.54) is 11.3 Å². The summed E-state index contributed by atoms with van der Waals surface area (Å²) in [6, 6.07) is 3.74. The summed E-state index contributed by atoms with van der Waals surface area (Å²) in [5.41, 5.74) is 5.17. The molecular formula is C12H19ClN2OS. The van der Waals surface area contributed by atoms with E-state index < -0.39 is 5.41 Å². The monoisotopic (exact) mass is 274 g/mol. The van der Waals surface area contributed by atoms with E-state index in [9.17, 15) is 4.79 Å². The standard InChI is InChI=1S/C12H19ClN2OS/c1-4-12(3,7-14)11(16)15-8(2)9-5-6-10(13)17-9/h5-6,8H,4,7,14H2,1-3H3,(H,15,16). The molecule has 0 aromatic carbocycles. The topological polar surface area (TPSA) is 55.1 Å². The Morgan fingerprint density at radius 2 is 2.29 bits per heavy atom. The quantitative estimate of drug-likeness (QED) is 0.867. The predicted octanol–water partition coefficient (Wildman–Crippen LogP) is 2.95. The van der Waals surface area contributed by atoms with Crippen molar-refractivity contribution in [3.05, 3.63) is 21.3 Å². The minimum atomic E-state index is -0.491. The van der Waals surface area contributed by atoms with Crippen LogP contribution in [0.3, 0.4) is 0 Å². The molecule has 96 valence electrons. The molecule has 0 bridgehead atoms. The summed E-state index contributed by atoms with van der Waals surface area (Å²) in [6.07, 6.45) is 0.729. The molecule has 2 atom stereocenters. The van der Waals surface area contributed by atoms with Gasteiger partial charge in [-0.2, -0.15) is 0 Å². The van der Waals surface area contributed by atoms with Gasteiger partial charge in [0.05, 0.1) is 15.8 Å². The summed E-state index contributed by atoms with van der Waals surface area (Å²) in [4.78, 5) is 13.2. The second kappa shape index (κ2) is 5.85. The molecule has 3 nitrogen and oxygen atoms in total. The number of hydrogen-bond acceptors (Lipinski definition) is 3. The summed E-state index contributed by atoms with van der Waals surface area (Å²) >= 11 is 7.35. The van der Waals surface area contributed by atoms with E-state index in [0.29, 0.717) is 6.54 Å². The highest BCUT2D eigenvalue weighted by Crippen LogP contribution is 2.28. The maximum absolute atomic E-state index is 12.1. The first-order valence-corrected chi connectivity index (χ1v) is 6.88. The van der Waals surface area contributed by atoms with Gasteiger partial charge in [-0.3, -0.25) is 4.79 Å². The Morgan fingerprint density at radius 1 is 1.65 bits per heavy atom. The first-order chi connectivity index (χ1) is 7.92. The zero-order valence-electron chi connectivity index (χ0n) is 10.4. The number of nitrogens with two attached hydrogens (primary N) is 1. The third kappa shape index (κ3) is 3.44. The minimum Gasteiger partial charge on any atom is -0.348 e. The van der Waals surface area contributed by atoms with Gasteiger partial charge in [0.25, 0.3) is 0 Å². The van der Waals surface area contributed by atoms with Crippen LogP contribution >= 0.6 is 22.9 Å². The Bertz CT molecular complexity index is 388. The smallest absolute Gasteiger partial charge is 0.227 e. The lowest BCUT2D eigenvalue weighted by Gasteiger charge is -2.27. The van der Waals surface area contributed by atoms with Gasteiger partial charge in [0.2, 0.25) is 5.91 Å². The first-order valence-electron chi connectivity index (χ1n) is 5.69. The van der Waals surface area contributed by atoms with Gasteiger partial charge in [-0.1, -0.05) is 18.5 Å². The number of carbonyl (C=O) groups is 1. The molecule has 5 heteroatoms. The number of rotatable bonds is 5. The summed E-state index contributed by atoms with van der Waals surface area (Å²) in [6.45, 7) is 6.16. The maximum atomic E-state index is 12.1. The predicted molar refractivity (Wildman–Crippen MR) is 73.3 cm³/mol. The van der Waals surface area contributed by atoms with Crippen LogP contribution in [0.25, 0.3) is 0 Å². The molecule has 0 aliphatic rings. The van der Waals surface area contributed by atoms with Crippen LogP contribution in [0, 0.1) is 5.41 Å². The number of carbonyl (C=O) groups excluding carboxylic acids is 1. The fourth-order valence-electron chi connectivity index (χ4n) is 1.40. The molecule has 0 spiro atoms. The summed E-state index contributed by atoms with van der Waals surface area (Å²) < 4.78 is 0.734. The lowest BCUT2D eigenvalue weighted by Crippen LogP contribution is -2.44. The highest BCUT2D eigenvalue weighted by atomic mass is 35.5. The normalized spacial score (nSPS) is 16.3. The van der Waals surface area contributed by atoms with Gasteiger partial charge in [-0.15, -0.1) is 11.3 Å². The van der Waals surface area contributed by atoms with E-state index in [1.807, 2.05) is 32.9 Å². The van der Waals surface area contributed by atoms with Gasteiger partial charge in [-0.05, 0) is 32.4 Å². The fraction of sp³-hybridized carbons (Fsp3) is 0.583. The summed E-state index contributed by atoms with van der Waals surface area (Å²) in [5.74, 6) is -0.000442. The van der Waals surface area contributed by atoms with Gasteiger partial charge >= 0.3 is 0 Å². The van der Waals surface area contributed by atoms with Crippen molar-refractivity contribution in [1.29, 1.82) is 0 Å². The first kappa shape index (κ1) is 14.5. The molecule has 3 N–H and O–H groups in total. The second-order valence-electron chi connectivity index (χ2n) is 4.46. The van der Waals surface area contributed by atoms with Crippen LogP contribution in [0.2, 0.25) is 4.34 Å². The van der Waals surface area contributed by atoms with Crippen molar-refractivity contribution in [3.63, 3.8) is 0 Å². The molecule has 17 heavy (non-hydrogen) atoms. The van der Waals surface area contributed by atoms with E-state index in [4.69, 9.17) is 17.3 Å². The van der Waals surface area contributed by atoms with Crippen molar-refractivity contribution in [3.8, 4) is 0 Å². The molecule has 0 saturated heterocycles. The maximum Gasteiger partial charge on any atom is 0.227 e. The second-order valence-corrected chi connectivity index (χ2v) is 6.20. The van der Waals surface area contributed by atoms with E-state index in [0.717, 1.165) is 15.6 Å². The van der Waals surface area contributed by atoms with Crippen LogP contribution < -0.4 is 11.1 Å². The van der Waals surface area contributed by atoms with Crippen LogP contribution in [0.15, 0.2) is 12.1 Å². The Hall–Kier alpha value is -0.580. The Balaban J connectivity index is 2.69. The number of thiophene rings is 1. The molecule has 0 aliphatic carbocycles. The molecule has 0 fully saturated rings. The fourth-order valence-corrected chi connectivity index (χ4v) is 2.46. The summed E-state index contributed by atoms with van der Waals surface area (Å²) in [5, 5.41) is 2.98. The molecule has 0 aliphatic heterocycles. The number of nitrogens with one attached hydrogen (secondary N) is 1. The molecule has 1 aromatic rings. The third-order valence-electron chi connectivity index (χ3n) is 3.15.